The van der Waals surface area contributed by atoms with Crippen LogP contribution in [-0.2, 0) is 9.63 Å². The van der Waals surface area contributed by atoms with Gasteiger partial charge in [-0.05, 0) is 29.3 Å². The van der Waals surface area contributed by atoms with Crippen LogP contribution in [0.25, 0.3) is 10.8 Å². The molecule has 0 radical (unpaired) electrons. The molecule has 2 aromatic rings. The molecular weight excluding hydrogens is 242 g/mol. The predicted octanol–water partition coefficient (Wildman–Crippen LogP) is 2.67. The standard InChI is InChI=1S/C15H17NO3/c1-3-14(15(17)16-18-2)19-13-9-8-11-6-4-5-7-12(11)10-13/h4-10,14H,3H2,1-2H3,(H,16,17). The van der Waals surface area contributed by atoms with Gasteiger partial charge >= 0.3 is 0 Å². The lowest BCUT2D eigenvalue weighted by atomic mass is 10.1. The summed E-state index contributed by atoms with van der Waals surface area (Å²) < 4.78 is 5.69. The maximum absolute atomic E-state index is 11.7. The summed E-state index contributed by atoms with van der Waals surface area (Å²) >= 11 is 0. The second-order valence-electron chi connectivity index (χ2n) is 4.19. The van der Waals surface area contributed by atoms with Crippen LogP contribution >= 0.6 is 0 Å². The van der Waals surface area contributed by atoms with Crippen molar-refractivity contribution in [2.75, 3.05) is 7.11 Å². The van der Waals surface area contributed by atoms with Gasteiger partial charge in [0.1, 0.15) is 5.75 Å². The second kappa shape index (κ2) is 6.20. The Bertz CT molecular complexity index is 568. The molecule has 2 aromatic carbocycles. The van der Waals surface area contributed by atoms with E-state index in [4.69, 9.17) is 4.74 Å². The van der Waals surface area contributed by atoms with Gasteiger partial charge in [0.05, 0.1) is 7.11 Å². The van der Waals surface area contributed by atoms with E-state index in [0.717, 1.165) is 10.8 Å². The number of carbonyl (C=O) groups excluding carboxylic acids is 1. The number of hydrogen-bond acceptors (Lipinski definition) is 3. The molecule has 19 heavy (non-hydrogen) atoms. The van der Waals surface area contributed by atoms with Gasteiger partial charge in [0, 0.05) is 0 Å². The Labute approximate surface area is 112 Å². The lowest BCUT2D eigenvalue weighted by Gasteiger charge is -2.16. The summed E-state index contributed by atoms with van der Waals surface area (Å²) in [6, 6.07) is 13.8. The largest absolute Gasteiger partial charge is 0.481 e. The summed E-state index contributed by atoms with van der Waals surface area (Å²) in [5, 5.41) is 2.23. The minimum Gasteiger partial charge on any atom is -0.481 e. The van der Waals surface area contributed by atoms with Gasteiger partial charge in [-0.3, -0.25) is 9.63 Å². The second-order valence-corrected chi connectivity index (χ2v) is 4.19. The van der Waals surface area contributed by atoms with Gasteiger partial charge in [-0.2, -0.15) is 0 Å². The first kappa shape index (κ1) is 13.4. The van der Waals surface area contributed by atoms with Crippen molar-refractivity contribution in [1.82, 2.24) is 5.48 Å². The van der Waals surface area contributed by atoms with Crippen LogP contribution in [0.4, 0.5) is 0 Å². The van der Waals surface area contributed by atoms with Gasteiger partial charge in [0.15, 0.2) is 6.10 Å². The van der Waals surface area contributed by atoms with Crippen LogP contribution in [0.2, 0.25) is 0 Å². The summed E-state index contributed by atoms with van der Waals surface area (Å²) in [6.07, 6.45) is 0.0169. The third-order valence-corrected chi connectivity index (χ3v) is 2.87. The van der Waals surface area contributed by atoms with E-state index in [2.05, 4.69) is 10.3 Å². The van der Waals surface area contributed by atoms with Gasteiger partial charge in [0.2, 0.25) is 0 Å². The van der Waals surface area contributed by atoms with Crippen molar-refractivity contribution in [3.8, 4) is 5.75 Å². The molecule has 0 bridgehead atoms. The fourth-order valence-corrected chi connectivity index (χ4v) is 1.89. The van der Waals surface area contributed by atoms with Crippen LogP contribution in [-0.4, -0.2) is 19.1 Å². The Morgan fingerprint density at radius 2 is 1.95 bits per heavy atom. The van der Waals surface area contributed by atoms with E-state index in [1.807, 2.05) is 49.4 Å². The molecule has 0 saturated carbocycles. The van der Waals surface area contributed by atoms with E-state index >= 15 is 0 Å². The molecule has 1 N–H and O–H groups in total. The molecule has 0 saturated heterocycles. The summed E-state index contributed by atoms with van der Waals surface area (Å²) in [4.78, 5) is 16.3. The zero-order valence-corrected chi connectivity index (χ0v) is 11.1. The van der Waals surface area contributed by atoms with E-state index < -0.39 is 6.10 Å². The highest BCUT2D eigenvalue weighted by Crippen LogP contribution is 2.21. The average molecular weight is 259 g/mol. The minimum absolute atomic E-state index is 0.279. The fourth-order valence-electron chi connectivity index (χ4n) is 1.89. The van der Waals surface area contributed by atoms with E-state index in [-0.39, 0.29) is 5.91 Å². The normalized spacial score (nSPS) is 12.1. The summed E-state index contributed by atoms with van der Waals surface area (Å²) in [5.74, 6) is 0.398. The number of amides is 1. The van der Waals surface area contributed by atoms with Crippen molar-refractivity contribution in [2.45, 2.75) is 19.4 Å². The number of rotatable bonds is 5. The molecule has 0 aromatic heterocycles. The predicted molar refractivity (Wildman–Crippen MR) is 73.8 cm³/mol. The van der Waals surface area contributed by atoms with E-state index in [9.17, 15) is 4.79 Å². The Morgan fingerprint density at radius 1 is 1.21 bits per heavy atom. The molecular formula is C15H17NO3. The number of hydrogen-bond donors (Lipinski definition) is 1. The molecule has 1 amide bonds. The Morgan fingerprint density at radius 3 is 2.63 bits per heavy atom. The maximum Gasteiger partial charge on any atom is 0.284 e. The number of nitrogens with one attached hydrogen (secondary N) is 1. The zero-order valence-electron chi connectivity index (χ0n) is 11.1. The lowest BCUT2D eigenvalue weighted by molar-refractivity contribution is -0.138. The van der Waals surface area contributed by atoms with Crippen molar-refractivity contribution < 1.29 is 14.4 Å². The third kappa shape index (κ3) is 3.23. The highest BCUT2D eigenvalue weighted by atomic mass is 16.6. The van der Waals surface area contributed by atoms with Crippen LogP contribution in [0.5, 0.6) is 5.75 Å². The molecule has 1 unspecified atom stereocenters. The summed E-state index contributed by atoms with van der Waals surface area (Å²) in [5.41, 5.74) is 2.29. The molecule has 1 atom stereocenters. The van der Waals surface area contributed by atoms with E-state index in [1.54, 1.807) is 0 Å². The van der Waals surface area contributed by atoms with Crippen LogP contribution in [0, 0.1) is 0 Å². The van der Waals surface area contributed by atoms with Crippen LogP contribution in [0.1, 0.15) is 13.3 Å². The Hall–Kier alpha value is -2.07. The van der Waals surface area contributed by atoms with Gasteiger partial charge in [-0.1, -0.05) is 37.3 Å². The Kier molecular flexibility index (Phi) is 4.36. The first-order valence-electron chi connectivity index (χ1n) is 6.23. The number of ether oxygens (including phenoxy) is 1. The maximum atomic E-state index is 11.7. The van der Waals surface area contributed by atoms with Crippen molar-refractivity contribution in [3.05, 3.63) is 42.5 Å². The first-order valence-corrected chi connectivity index (χ1v) is 6.23. The van der Waals surface area contributed by atoms with Gasteiger partial charge in [-0.25, -0.2) is 5.48 Å². The zero-order chi connectivity index (χ0) is 13.7. The van der Waals surface area contributed by atoms with Crippen molar-refractivity contribution in [3.63, 3.8) is 0 Å². The molecule has 0 aliphatic heterocycles. The number of benzene rings is 2. The fraction of sp³-hybridized carbons (Fsp3) is 0.267. The molecule has 2 rings (SSSR count). The van der Waals surface area contributed by atoms with Crippen molar-refractivity contribution in [2.24, 2.45) is 0 Å². The van der Waals surface area contributed by atoms with Crippen LogP contribution in [0.3, 0.4) is 0 Å². The first-order chi connectivity index (χ1) is 9.24. The SMILES string of the molecule is CCC(Oc1ccc2ccccc2c1)C(=O)NOC. The smallest absolute Gasteiger partial charge is 0.284 e. The highest BCUT2D eigenvalue weighted by Gasteiger charge is 2.18. The van der Waals surface area contributed by atoms with Gasteiger partial charge in [-0.15, -0.1) is 0 Å². The summed E-state index contributed by atoms with van der Waals surface area (Å²) in [7, 11) is 1.40. The number of fused-ring (bicyclic) bond motifs is 1. The van der Waals surface area contributed by atoms with E-state index in [0.29, 0.717) is 12.2 Å². The average Bonchev–Trinajstić information content (AvgIpc) is 2.44. The molecule has 0 aliphatic carbocycles. The van der Waals surface area contributed by atoms with Crippen molar-refractivity contribution in [1.29, 1.82) is 0 Å². The van der Waals surface area contributed by atoms with Gasteiger partial charge in [0.25, 0.3) is 5.91 Å². The topological polar surface area (TPSA) is 47.6 Å². The molecule has 0 fully saturated rings. The minimum atomic E-state index is -0.555. The van der Waals surface area contributed by atoms with Gasteiger partial charge < -0.3 is 4.74 Å². The molecule has 0 spiro atoms. The highest BCUT2D eigenvalue weighted by molar-refractivity contribution is 5.84. The third-order valence-electron chi connectivity index (χ3n) is 2.87. The van der Waals surface area contributed by atoms with Crippen molar-refractivity contribution >= 4 is 16.7 Å². The van der Waals surface area contributed by atoms with Crippen LogP contribution < -0.4 is 10.2 Å². The van der Waals surface area contributed by atoms with E-state index in [1.165, 1.54) is 7.11 Å². The molecule has 4 nitrogen and oxygen atoms in total. The van der Waals surface area contributed by atoms with Crippen LogP contribution in [0.15, 0.2) is 42.5 Å². The lowest BCUT2D eigenvalue weighted by Crippen LogP contribution is -2.37. The number of carbonyl (C=O) groups is 1. The summed E-state index contributed by atoms with van der Waals surface area (Å²) in [6.45, 7) is 1.89. The molecule has 0 aliphatic rings. The Balaban J connectivity index is 2.17. The molecule has 4 heteroatoms. The monoisotopic (exact) mass is 259 g/mol. The number of hydroxylamine groups is 1. The molecule has 100 valence electrons. The quantitative estimate of drug-likeness (QED) is 0.840. The molecule has 0 heterocycles.